The van der Waals surface area contributed by atoms with Gasteiger partial charge in [-0.05, 0) is 70.0 Å². The van der Waals surface area contributed by atoms with Crippen LogP contribution in [0.1, 0.15) is 83.7 Å². The number of aryl methyl sites for hydroxylation is 1. The van der Waals surface area contributed by atoms with E-state index in [1.54, 1.807) is 6.92 Å². The van der Waals surface area contributed by atoms with Gasteiger partial charge in [-0.15, -0.1) is 0 Å². The van der Waals surface area contributed by atoms with Crippen molar-refractivity contribution < 1.29 is 24.1 Å². The highest BCUT2D eigenvalue weighted by molar-refractivity contribution is 5.77. The molecule has 5 rings (SSSR count). The van der Waals surface area contributed by atoms with Crippen LogP contribution in [0.3, 0.4) is 0 Å². The van der Waals surface area contributed by atoms with Gasteiger partial charge < -0.3 is 19.3 Å². The van der Waals surface area contributed by atoms with Crippen LogP contribution in [0.25, 0.3) is 12.2 Å². The van der Waals surface area contributed by atoms with Gasteiger partial charge in [0.25, 0.3) is 0 Å². The number of hydrogen-bond acceptors (Lipinski definition) is 4. The molecule has 0 radical (unpaired) electrons. The van der Waals surface area contributed by atoms with E-state index in [1.165, 1.54) is 22.3 Å². The zero-order chi connectivity index (χ0) is 30.9. The lowest BCUT2D eigenvalue weighted by Crippen LogP contribution is -2.26. The fraction of sp³-hybridized carbons (Fsp3) is 0.308. The van der Waals surface area contributed by atoms with Crippen molar-refractivity contribution in [2.24, 2.45) is 0 Å². The van der Waals surface area contributed by atoms with Crippen LogP contribution >= 0.6 is 0 Å². The highest BCUT2D eigenvalue weighted by Gasteiger charge is 2.24. The first-order valence-corrected chi connectivity index (χ1v) is 15.6. The standard InChI is InChI=1S/C39H42O5/c1-4-9-28-14-21-35-33(24-28)18-16-31-15-17-32(27(3)30-10-7-6-8-11-30)26-36(31)38(35)44-23-22-43-34-19-12-29(13-20-34)25-37(39(40)41)42-5-2/h6-8,10-21,24,26-27,37-38H,4-5,9,22-23,25H2,1-3H3,(H,40,41). The van der Waals surface area contributed by atoms with E-state index in [-0.39, 0.29) is 12.0 Å². The lowest BCUT2D eigenvalue weighted by molar-refractivity contribution is -0.149. The van der Waals surface area contributed by atoms with Crippen LogP contribution < -0.4 is 4.74 Å². The van der Waals surface area contributed by atoms with Crippen LogP contribution in [0.5, 0.6) is 5.75 Å². The minimum atomic E-state index is -0.954. The Balaban J connectivity index is 1.33. The van der Waals surface area contributed by atoms with Gasteiger partial charge in [-0.3, -0.25) is 0 Å². The molecular formula is C39H42O5. The molecule has 3 unspecified atom stereocenters. The zero-order valence-electron chi connectivity index (χ0n) is 25.9. The van der Waals surface area contributed by atoms with Gasteiger partial charge in [0, 0.05) is 18.9 Å². The number of carboxylic acids is 1. The molecule has 1 N–H and O–H groups in total. The molecule has 0 aromatic heterocycles. The molecule has 0 saturated carbocycles. The summed E-state index contributed by atoms with van der Waals surface area (Å²) in [5, 5.41) is 9.38. The molecule has 228 valence electrons. The predicted octanol–water partition coefficient (Wildman–Crippen LogP) is 8.49. The number of rotatable bonds is 14. The maximum absolute atomic E-state index is 11.4. The highest BCUT2D eigenvalue weighted by atomic mass is 16.5. The van der Waals surface area contributed by atoms with Crippen molar-refractivity contribution in [3.05, 3.63) is 136 Å². The summed E-state index contributed by atoms with van der Waals surface area (Å²) in [5.41, 5.74) is 9.45. The number of hydrogen-bond donors (Lipinski definition) is 1. The Morgan fingerprint density at radius 3 is 2.27 bits per heavy atom. The van der Waals surface area contributed by atoms with Gasteiger partial charge in [0.05, 0.1) is 6.61 Å². The van der Waals surface area contributed by atoms with Crippen molar-refractivity contribution in [3.8, 4) is 5.75 Å². The third-order valence-electron chi connectivity index (χ3n) is 8.23. The number of aliphatic carboxylic acids is 1. The summed E-state index contributed by atoms with van der Waals surface area (Å²) in [7, 11) is 0. The van der Waals surface area contributed by atoms with Crippen LogP contribution in [0, 0.1) is 0 Å². The molecule has 5 heteroatoms. The van der Waals surface area contributed by atoms with Crippen LogP contribution in [-0.2, 0) is 27.1 Å². The second kappa shape index (κ2) is 15.0. The van der Waals surface area contributed by atoms with Crippen molar-refractivity contribution >= 4 is 18.1 Å². The number of carboxylic acid groups (broad SMARTS) is 1. The molecule has 5 nitrogen and oxygen atoms in total. The zero-order valence-corrected chi connectivity index (χ0v) is 25.9. The summed E-state index contributed by atoms with van der Waals surface area (Å²) in [4.78, 5) is 11.4. The van der Waals surface area contributed by atoms with Crippen LogP contribution in [-0.4, -0.2) is 37.0 Å². The summed E-state index contributed by atoms with van der Waals surface area (Å²) in [5.74, 6) is 0.0166. The van der Waals surface area contributed by atoms with Crippen LogP contribution in [0.4, 0.5) is 0 Å². The average Bonchev–Trinajstić information content (AvgIpc) is 3.19. The van der Waals surface area contributed by atoms with Gasteiger partial charge in [-0.2, -0.15) is 0 Å². The summed E-state index contributed by atoms with van der Waals surface area (Å²) >= 11 is 0. The van der Waals surface area contributed by atoms with Crippen molar-refractivity contribution in [2.75, 3.05) is 19.8 Å². The Morgan fingerprint density at radius 1 is 0.795 bits per heavy atom. The third kappa shape index (κ3) is 7.65. The first-order chi connectivity index (χ1) is 21.5. The van der Waals surface area contributed by atoms with E-state index in [9.17, 15) is 9.90 Å². The maximum atomic E-state index is 11.4. The Kier molecular flexibility index (Phi) is 10.7. The van der Waals surface area contributed by atoms with Crippen molar-refractivity contribution in [1.29, 1.82) is 0 Å². The van der Waals surface area contributed by atoms with Crippen LogP contribution in [0.2, 0.25) is 0 Å². The molecule has 0 bridgehead atoms. The molecule has 0 fully saturated rings. The Hall–Kier alpha value is -4.19. The number of fused-ring (bicyclic) bond motifs is 2. The second-order valence-corrected chi connectivity index (χ2v) is 11.3. The van der Waals surface area contributed by atoms with Gasteiger partial charge >= 0.3 is 5.97 Å². The minimum absolute atomic E-state index is 0.230. The van der Waals surface area contributed by atoms with Crippen molar-refractivity contribution in [1.82, 2.24) is 0 Å². The van der Waals surface area contributed by atoms with Gasteiger partial charge in [0.1, 0.15) is 18.5 Å². The first-order valence-electron chi connectivity index (χ1n) is 15.6. The van der Waals surface area contributed by atoms with Gasteiger partial charge in [-0.1, -0.05) is 111 Å². The molecule has 1 aliphatic carbocycles. The molecule has 0 aliphatic heterocycles. The molecule has 3 atom stereocenters. The van der Waals surface area contributed by atoms with Crippen LogP contribution in [0.15, 0.2) is 91.0 Å². The molecule has 1 aliphatic rings. The minimum Gasteiger partial charge on any atom is -0.491 e. The number of ether oxygens (including phenoxy) is 3. The lowest BCUT2D eigenvalue weighted by Gasteiger charge is -2.23. The van der Waals surface area contributed by atoms with E-state index < -0.39 is 12.1 Å². The van der Waals surface area contributed by atoms with E-state index in [0.717, 1.165) is 35.1 Å². The van der Waals surface area contributed by atoms with Gasteiger partial charge in [-0.25, -0.2) is 4.79 Å². The Bertz CT molecular complexity index is 1560. The average molecular weight is 591 g/mol. The topological polar surface area (TPSA) is 65.0 Å². The predicted molar refractivity (Wildman–Crippen MR) is 176 cm³/mol. The van der Waals surface area contributed by atoms with Gasteiger partial charge in [0.2, 0.25) is 0 Å². The Morgan fingerprint density at radius 2 is 1.55 bits per heavy atom. The summed E-state index contributed by atoms with van der Waals surface area (Å²) in [6, 6.07) is 31.6. The van der Waals surface area contributed by atoms with E-state index in [2.05, 4.69) is 92.7 Å². The number of carbonyl (C=O) groups is 1. The monoisotopic (exact) mass is 590 g/mol. The molecule has 0 saturated heterocycles. The highest BCUT2D eigenvalue weighted by Crippen LogP contribution is 2.38. The second-order valence-electron chi connectivity index (χ2n) is 11.3. The fourth-order valence-electron chi connectivity index (χ4n) is 5.83. The molecular weight excluding hydrogens is 548 g/mol. The Labute approximate surface area is 261 Å². The quantitative estimate of drug-likeness (QED) is 0.149. The van der Waals surface area contributed by atoms with E-state index >= 15 is 0 Å². The number of benzene rings is 4. The van der Waals surface area contributed by atoms with Crippen molar-refractivity contribution in [3.63, 3.8) is 0 Å². The maximum Gasteiger partial charge on any atom is 0.333 e. The smallest absolute Gasteiger partial charge is 0.333 e. The molecule has 44 heavy (non-hydrogen) atoms. The molecule has 4 aromatic carbocycles. The lowest BCUT2D eigenvalue weighted by atomic mass is 9.88. The third-order valence-corrected chi connectivity index (χ3v) is 8.23. The largest absolute Gasteiger partial charge is 0.491 e. The van der Waals surface area contributed by atoms with E-state index in [0.29, 0.717) is 32.0 Å². The van der Waals surface area contributed by atoms with Crippen molar-refractivity contribution in [2.45, 2.75) is 58.2 Å². The molecule has 0 amide bonds. The molecule has 0 heterocycles. The van der Waals surface area contributed by atoms with E-state index in [4.69, 9.17) is 14.2 Å². The summed E-state index contributed by atoms with van der Waals surface area (Å²) < 4.78 is 18.0. The van der Waals surface area contributed by atoms with Gasteiger partial charge in [0.15, 0.2) is 6.10 Å². The molecule has 0 spiro atoms. The fourth-order valence-corrected chi connectivity index (χ4v) is 5.83. The first kappa shape index (κ1) is 31.2. The molecule has 4 aromatic rings. The normalized spacial score (nSPS) is 15.1. The van der Waals surface area contributed by atoms with E-state index in [1.807, 2.05) is 24.3 Å². The summed E-state index contributed by atoms with van der Waals surface area (Å²) in [6.07, 6.45) is 5.81. The summed E-state index contributed by atoms with van der Waals surface area (Å²) in [6.45, 7) is 7.41. The SMILES string of the molecule is CCCc1ccc2c(c1)C=Cc1ccc(C(C)c3ccccc3)cc1C2OCCOc1ccc(CC(OCC)C(=O)O)cc1.